The first-order chi connectivity index (χ1) is 15.6. The van der Waals surface area contributed by atoms with Crippen molar-refractivity contribution < 1.29 is 22.7 Å². The van der Waals surface area contributed by atoms with Gasteiger partial charge in [0.25, 0.3) is 0 Å². The highest BCUT2D eigenvalue weighted by Crippen LogP contribution is 2.37. The molecule has 168 valence electrons. The second-order valence-electron chi connectivity index (χ2n) is 7.04. The summed E-state index contributed by atoms with van der Waals surface area (Å²) in [4.78, 5) is 22.4. The number of aryl methyl sites for hydroxylation is 1. The molecule has 1 aromatic carbocycles. The van der Waals surface area contributed by atoms with Gasteiger partial charge in [-0.25, -0.2) is 15.0 Å². The number of nitrogens with two attached hydrogens (primary N) is 1. The lowest BCUT2D eigenvalue weighted by Crippen LogP contribution is -2.08. The highest BCUT2D eigenvalue weighted by Gasteiger charge is 2.32. The van der Waals surface area contributed by atoms with Gasteiger partial charge in [0.2, 0.25) is 11.8 Å². The number of alkyl halides is 3. The van der Waals surface area contributed by atoms with E-state index in [1.807, 2.05) is 13.0 Å². The van der Waals surface area contributed by atoms with E-state index in [1.54, 1.807) is 29.0 Å². The van der Waals surface area contributed by atoms with Crippen LogP contribution in [0.5, 0.6) is 11.6 Å². The number of carbonyl (C=O) groups is 1. The third-order valence-electron chi connectivity index (χ3n) is 4.60. The normalized spacial score (nSPS) is 11.9. The zero-order valence-corrected chi connectivity index (χ0v) is 17.7. The fourth-order valence-electron chi connectivity index (χ4n) is 3.26. The molecule has 0 bridgehead atoms. The van der Waals surface area contributed by atoms with Gasteiger partial charge in [0.05, 0.1) is 17.9 Å². The number of ether oxygens (including phenoxy) is 1. The van der Waals surface area contributed by atoms with Gasteiger partial charge in [-0.2, -0.15) is 13.2 Å². The first-order valence-electron chi connectivity index (χ1n) is 9.43. The molecular formula is C22H15ClF3N5O2. The van der Waals surface area contributed by atoms with E-state index >= 15 is 0 Å². The van der Waals surface area contributed by atoms with Crippen LogP contribution < -0.4 is 10.5 Å². The Labute approximate surface area is 190 Å². The Morgan fingerprint density at radius 1 is 1.18 bits per heavy atom. The molecule has 4 aromatic rings. The Morgan fingerprint density at radius 2 is 1.97 bits per heavy atom. The largest absolute Gasteiger partial charge is 0.437 e. The van der Waals surface area contributed by atoms with Crippen LogP contribution in [0.3, 0.4) is 0 Å². The minimum atomic E-state index is -4.59. The second kappa shape index (κ2) is 8.55. The van der Waals surface area contributed by atoms with Crippen molar-refractivity contribution in [2.45, 2.75) is 13.1 Å². The van der Waals surface area contributed by atoms with Gasteiger partial charge in [0.1, 0.15) is 10.9 Å². The van der Waals surface area contributed by atoms with E-state index in [1.165, 1.54) is 18.5 Å². The van der Waals surface area contributed by atoms with Crippen LogP contribution >= 0.6 is 11.6 Å². The molecule has 2 N–H and O–H groups in total. The molecule has 0 aliphatic carbocycles. The number of benzene rings is 1. The number of carbonyl (C=O) groups excluding carboxylic acids is 1. The predicted octanol–water partition coefficient (Wildman–Crippen LogP) is 5.22. The van der Waals surface area contributed by atoms with Gasteiger partial charge in [-0.05, 0) is 36.2 Å². The van der Waals surface area contributed by atoms with Crippen molar-refractivity contribution in [1.29, 1.82) is 0 Å². The van der Waals surface area contributed by atoms with Gasteiger partial charge in [0, 0.05) is 35.6 Å². The molecule has 0 aliphatic rings. The number of halogens is 4. The zero-order chi connectivity index (χ0) is 23.8. The van der Waals surface area contributed by atoms with E-state index in [9.17, 15) is 18.0 Å². The fraction of sp³-hybridized carbons (Fsp3) is 0.0909. The minimum absolute atomic E-state index is 0.0916. The molecule has 0 spiro atoms. The lowest BCUT2D eigenvalue weighted by Gasteiger charge is -2.10. The summed E-state index contributed by atoms with van der Waals surface area (Å²) in [5, 5.41) is 0.894. The molecule has 7 nitrogen and oxygen atoms in total. The van der Waals surface area contributed by atoms with Crippen LogP contribution in [0.25, 0.3) is 28.2 Å². The van der Waals surface area contributed by atoms with Crippen LogP contribution in [0.2, 0.25) is 5.15 Å². The molecule has 33 heavy (non-hydrogen) atoms. The van der Waals surface area contributed by atoms with Crippen molar-refractivity contribution in [3.05, 3.63) is 71.5 Å². The fourth-order valence-corrected chi connectivity index (χ4v) is 3.51. The van der Waals surface area contributed by atoms with Gasteiger partial charge < -0.3 is 15.0 Å². The Balaban J connectivity index is 1.76. The van der Waals surface area contributed by atoms with E-state index in [0.717, 1.165) is 11.8 Å². The highest BCUT2D eigenvalue weighted by molar-refractivity contribution is 6.35. The summed E-state index contributed by atoms with van der Waals surface area (Å²) in [6, 6.07) is 7.01. The van der Waals surface area contributed by atoms with Crippen molar-refractivity contribution in [1.82, 2.24) is 19.5 Å². The summed E-state index contributed by atoms with van der Waals surface area (Å²) in [6.07, 6.45) is 2.95. The number of amides is 1. The van der Waals surface area contributed by atoms with Crippen LogP contribution in [-0.2, 0) is 11.0 Å². The summed E-state index contributed by atoms with van der Waals surface area (Å²) in [5.74, 6) is -0.360. The molecule has 0 atom stereocenters. The van der Waals surface area contributed by atoms with E-state index < -0.39 is 17.8 Å². The summed E-state index contributed by atoms with van der Waals surface area (Å²) < 4.78 is 45.5. The van der Waals surface area contributed by atoms with Crippen molar-refractivity contribution in [3.63, 3.8) is 0 Å². The Kier molecular flexibility index (Phi) is 5.77. The third-order valence-corrected chi connectivity index (χ3v) is 4.89. The quantitative estimate of drug-likeness (QED) is 0.316. The van der Waals surface area contributed by atoms with Crippen LogP contribution in [0, 0.1) is 6.92 Å². The number of aromatic nitrogens is 4. The number of fused-ring (bicyclic) bond motifs is 1. The van der Waals surface area contributed by atoms with Crippen LogP contribution in [0.1, 0.15) is 11.3 Å². The first-order valence-corrected chi connectivity index (χ1v) is 9.81. The molecule has 3 aromatic heterocycles. The maximum absolute atomic E-state index is 12.7. The SMILES string of the molecule is Cc1cc(Oc2cnc(C(F)(F)F)cn2)cc(-c2cn(C=CC(N)=O)c3ccnc(Cl)c23)c1. The van der Waals surface area contributed by atoms with Gasteiger partial charge >= 0.3 is 6.18 Å². The number of pyridine rings is 1. The lowest BCUT2D eigenvalue weighted by molar-refractivity contribution is -0.141. The molecule has 3 heterocycles. The molecule has 0 fully saturated rings. The van der Waals surface area contributed by atoms with Crippen molar-refractivity contribution in [3.8, 4) is 22.8 Å². The highest BCUT2D eigenvalue weighted by atomic mass is 35.5. The van der Waals surface area contributed by atoms with Crippen molar-refractivity contribution in [2.24, 2.45) is 5.73 Å². The molecule has 11 heteroatoms. The Bertz CT molecular complexity index is 1380. The molecule has 1 amide bonds. The number of rotatable bonds is 5. The van der Waals surface area contributed by atoms with Crippen LogP contribution in [0.4, 0.5) is 13.2 Å². The molecule has 0 unspecified atom stereocenters. The zero-order valence-electron chi connectivity index (χ0n) is 17.0. The number of hydrogen-bond donors (Lipinski definition) is 1. The molecule has 0 saturated heterocycles. The van der Waals surface area contributed by atoms with Crippen LogP contribution in [0.15, 0.2) is 55.1 Å². The standard InChI is InChI=1S/C22H15ClF3N5O2/c1-12-6-13(8-14(7-12)33-19-10-29-17(9-30-19)22(24,25)26)15-11-31(5-3-18(27)32)16-2-4-28-21(23)20(15)16/h2-11H,1H3,(H2,27,32). The summed E-state index contributed by atoms with van der Waals surface area (Å²) in [7, 11) is 0. The van der Waals surface area contributed by atoms with Crippen molar-refractivity contribution in [2.75, 3.05) is 0 Å². The number of primary amides is 1. The summed E-state index contributed by atoms with van der Waals surface area (Å²) >= 11 is 6.37. The Morgan fingerprint density at radius 3 is 2.64 bits per heavy atom. The number of nitrogens with zero attached hydrogens (tertiary/aromatic N) is 4. The van der Waals surface area contributed by atoms with Gasteiger partial charge in [-0.15, -0.1) is 0 Å². The smallest absolute Gasteiger partial charge is 0.434 e. The Hall–Kier alpha value is -3.92. The van der Waals surface area contributed by atoms with Gasteiger partial charge in [-0.3, -0.25) is 4.79 Å². The third kappa shape index (κ3) is 4.80. The molecule has 4 rings (SSSR count). The molecular weight excluding hydrogens is 459 g/mol. The van der Waals surface area contributed by atoms with E-state index in [0.29, 0.717) is 34.0 Å². The van der Waals surface area contributed by atoms with E-state index in [2.05, 4.69) is 15.0 Å². The topological polar surface area (TPSA) is 95.9 Å². The summed E-state index contributed by atoms with van der Waals surface area (Å²) in [5.41, 5.74) is 7.01. The monoisotopic (exact) mass is 473 g/mol. The average Bonchev–Trinajstić information content (AvgIpc) is 3.12. The van der Waals surface area contributed by atoms with Gasteiger partial charge in [0.15, 0.2) is 5.69 Å². The first kappa shape index (κ1) is 22.3. The minimum Gasteiger partial charge on any atom is -0.437 e. The van der Waals surface area contributed by atoms with Crippen LogP contribution in [-0.4, -0.2) is 25.4 Å². The van der Waals surface area contributed by atoms with Crippen molar-refractivity contribution >= 4 is 34.6 Å². The van der Waals surface area contributed by atoms with E-state index in [4.69, 9.17) is 22.1 Å². The second-order valence-corrected chi connectivity index (χ2v) is 7.40. The maximum atomic E-state index is 12.7. The van der Waals surface area contributed by atoms with E-state index in [-0.39, 0.29) is 11.0 Å². The maximum Gasteiger partial charge on any atom is 0.434 e. The van der Waals surface area contributed by atoms with Gasteiger partial charge in [-0.1, -0.05) is 17.7 Å². The average molecular weight is 474 g/mol. The number of hydrogen-bond acceptors (Lipinski definition) is 5. The lowest BCUT2D eigenvalue weighted by atomic mass is 10.0. The molecule has 0 radical (unpaired) electrons. The summed E-state index contributed by atoms with van der Waals surface area (Å²) in [6.45, 7) is 1.83. The molecule has 0 aliphatic heterocycles. The molecule has 0 saturated carbocycles. The predicted molar refractivity (Wildman–Crippen MR) is 117 cm³/mol.